The molecule has 18 heavy (non-hydrogen) atoms. The highest BCUT2D eigenvalue weighted by molar-refractivity contribution is 5.84. The zero-order valence-electron chi connectivity index (χ0n) is 12.1. The molecule has 1 saturated carbocycles. The van der Waals surface area contributed by atoms with Crippen LogP contribution in [0.2, 0.25) is 0 Å². The van der Waals surface area contributed by atoms with Gasteiger partial charge >= 0.3 is 0 Å². The van der Waals surface area contributed by atoms with E-state index in [1.807, 2.05) is 0 Å². The second-order valence-electron chi connectivity index (χ2n) is 7.44. The fraction of sp³-hybridized carbons (Fsp3) is 0.867. The van der Waals surface area contributed by atoms with Crippen LogP contribution in [-0.2, 0) is 9.59 Å². The van der Waals surface area contributed by atoms with Crippen LogP contribution >= 0.6 is 0 Å². The van der Waals surface area contributed by atoms with Gasteiger partial charge in [-0.05, 0) is 37.0 Å². The minimum atomic E-state index is 0.108. The van der Waals surface area contributed by atoms with Crippen LogP contribution in [0.3, 0.4) is 0 Å². The summed E-state index contributed by atoms with van der Waals surface area (Å²) in [6.45, 7) is 9.36. The van der Waals surface area contributed by atoms with Crippen LogP contribution < -0.4 is 0 Å². The number of likely N-dealkylation sites (tertiary alicyclic amines) is 1. The molecule has 0 radical (unpaired) electrons. The van der Waals surface area contributed by atoms with Gasteiger partial charge in [-0.1, -0.05) is 20.8 Å². The van der Waals surface area contributed by atoms with Crippen LogP contribution in [0.1, 0.15) is 59.8 Å². The number of hydrogen-bond donors (Lipinski definition) is 0. The molecule has 0 N–H and O–H groups in total. The summed E-state index contributed by atoms with van der Waals surface area (Å²) in [5.74, 6) is 0.286. The number of amides is 1. The Morgan fingerprint density at radius 3 is 2.44 bits per heavy atom. The fourth-order valence-corrected chi connectivity index (χ4v) is 4.18. The van der Waals surface area contributed by atoms with E-state index >= 15 is 0 Å². The summed E-state index contributed by atoms with van der Waals surface area (Å²) < 4.78 is 0. The third-order valence-corrected chi connectivity index (χ3v) is 4.43. The first-order valence-electron chi connectivity index (χ1n) is 7.00. The van der Waals surface area contributed by atoms with Crippen molar-refractivity contribution in [2.24, 2.45) is 10.8 Å². The van der Waals surface area contributed by atoms with Crippen molar-refractivity contribution in [3.63, 3.8) is 0 Å². The van der Waals surface area contributed by atoms with Crippen LogP contribution in [0.5, 0.6) is 0 Å². The van der Waals surface area contributed by atoms with Gasteiger partial charge in [0.15, 0.2) is 0 Å². The molecule has 1 heterocycles. The standard InChI is InChI=1S/C15H25NO2/c1-11(17)5-6-13(18)16-10-15(4)8-12(16)7-14(2,3)9-15/h12H,5-10H2,1-4H3. The van der Waals surface area contributed by atoms with E-state index in [0.717, 1.165) is 19.4 Å². The smallest absolute Gasteiger partial charge is 0.223 e. The summed E-state index contributed by atoms with van der Waals surface area (Å²) in [4.78, 5) is 25.3. The number of fused-ring (bicyclic) bond motifs is 2. The Bertz CT molecular complexity index is 375. The highest BCUT2D eigenvalue weighted by atomic mass is 16.2. The van der Waals surface area contributed by atoms with Gasteiger partial charge in [-0.15, -0.1) is 0 Å². The topological polar surface area (TPSA) is 37.4 Å². The average molecular weight is 251 g/mol. The van der Waals surface area contributed by atoms with Crippen molar-refractivity contribution in [1.82, 2.24) is 4.90 Å². The first-order chi connectivity index (χ1) is 8.21. The molecule has 2 unspecified atom stereocenters. The third-order valence-electron chi connectivity index (χ3n) is 4.43. The lowest BCUT2D eigenvalue weighted by Crippen LogP contribution is -2.37. The van der Waals surface area contributed by atoms with Gasteiger partial charge in [-0.2, -0.15) is 0 Å². The zero-order chi connectivity index (χ0) is 13.6. The van der Waals surface area contributed by atoms with E-state index in [1.54, 1.807) is 6.92 Å². The van der Waals surface area contributed by atoms with Gasteiger partial charge in [0, 0.05) is 25.4 Å². The van der Waals surface area contributed by atoms with Crippen LogP contribution in [0.25, 0.3) is 0 Å². The molecule has 1 aliphatic carbocycles. The van der Waals surface area contributed by atoms with Crippen molar-refractivity contribution in [3.05, 3.63) is 0 Å². The average Bonchev–Trinajstić information content (AvgIpc) is 2.44. The number of ketones is 1. The summed E-state index contributed by atoms with van der Waals surface area (Å²) in [6, 6.07) is 0.401. The summed E-state index contributed by atoms with van der Waals surface area (Å²) in [7, 11) is 0. The molecule has 2 atom stereocenters. The predicted molar refractivity (Wildman–Crippen MR) is 71.2 cm³/mol. The normalized spacial score (nSPS) is 33.6. The number of carbonyl (C=O) groups is 2. The van der Waals surface area contributed by atoms with E-state index in [2.05, 4.69) is 25.7 Å². The lowest BCUT2D eigenvalue weighted by atomic mass is 9.65. The van der Waals surface area contributed by atoms with Crippen LogP contribution in [0.15, 0.2) is 0 Å². The first kappa shape index (κ1) is 13.6. The van der Waals surface area contributed by atoms with E-state index in [0.29, 0.717) is 24.3 Å². The molecule has 0 aromatic heterocycles. The van der Waals surface area contributed by atoms with Crippen molar-refractivity contribution < 1.29 is 9.59 Å². The monoisotopic (exact) mass is 251 g/mol. The molecule has 2 bridgehead atoms. The van der Waals surface area contributed by atoms with E-state index in [4.69, 9.17) is 0 Å². The Morgan fingerprint density at radius 2 is 1.83 bits per heavy atom. The fourth-order valence-electron chi connectivity index (χ4n) is 4.18. The van der Waals surface area contributed by atoms with Gasteiger partial charge in [0.25, 0.3) is 0 Å². The van der Waals surface area contributed by atoms with Crippen molar-refractivity contribution in [2.75, 3.05) is 6.54 Å². The van der Waals surface area contributed by atoms with Crippen LogP contribution in [-0.4, -0.2) is 29.2 Å². The molecule has 1 saturated heterocycles. The van der Waals surface area contributed by atoms with Crippen LogP contribution in [0.4, 0.5) is 0 Å². The molecule has 3 heteroatoms. The molecular formula is C15H25NO2. The van der Waals surface area contributed by atoms with Gasteiger partial charge in [-0.3, -0.25) is 4.79 Å². The predicted octanol–water partition coefficient (Wildman–Crippen LogP) is 2.78. The van der Waals surface area contributed by atoms with Gasteiger partial charge in [0.05, 0.1) is 0 Å². The van der Waals surface area contributed by atoms with Gasteiger partial charge in [0.1, 0.15) is 5.78 Å². The molecule has 2 rings (SSSR count). The van der Waals surface area contributed by atoms with Crippen LogP contribution in [0, 0.1) is 10.8 Å². The molecule has 0 aromatic carbocycles. The SMILES string of the molecule is CC(=O)CCC(=O)N1CC2(C)CC1CC(C)(C)C2. The lowest BCUT2D eigenvalue weighted by molar-refractivity contribution is -0.134. The summed E-state index contributed by atoms with van der Waals surface area (Å²) >= 11 is 0. The number of nitrogens with zero attached hydrogens (tertiary/aromatic N) is 1. The molecule has 2 aliphatic rings. The zero-order valence-corrected chi connectivity index (χ0v) is 12.1. The Hall–Kier alpha value is -0.860. The number of rotatable bonds is 3. The maximum absolute atomic E-state index is 12.2. The molecule has 0 spiro atoms. The number of hydrogen-bond acceptors (Lipinski definition) is 2. The largest absolute Gasteiger partial charge is 0.339 e. The third kappa shape index (κ3) is 2.76. The van der Waals surface area contributed by atoms with E-state index < -0.39 is 0 Å². The van der Waals surface area contributed by atoms with E-state index in [1.165, 1.54) is 6.42 Å². The summed E-state index contributed by atoms with van der Waals surface area (Å²) in [5.41, 5.74) is 0.631. The Morgan fingerprint density at radius 1 is 1.17 bits per heavy atom. The Balaban J connectivity index is 2.04. The van der Waals surface area contributed by atoms with Gasteiger partial charge in [0.2, 0.25) is 5.91 Å². The van der Waals surface area contributed by atoms with Gasteiger partial charge in [-0.25, -0.2) is 0 Å². The molecule has 0 aromatic rings. The lowest BCUT2D eigenvalue weighted by Gasteiger charge is -2.39. The molecule has 3 nitrogen and oxygen atoms in total. The van der Waals surface area contributed by atoms with E-state index in [9.17, 15) is 9.59 Å². The molecule has 2 fully saturated rings. The summed E-state index contributed by atoms with van der Waals surface area (Å²) in [5, 5.41) is 0. The second-order valence-corrected chi connectivity index (χ2v) is 7.44. The van der Waals surface area contributed by atoms with Crippen molar-refractivity contribution in [3.8, 4) is 0 Å². The highest BCUT2D eigenvalue weighted by Crippen LogP contribution is 2.52. The number of carbonyl (C=O) groups excluding carboxylic acids is 2. The van der Waals surface area contributed by atoms with Gasteiger partial charge < -0.3 is 9.69 Å². The first-order valence-corrected chi connectivity index (χ1v) is 7.00. The highest BCUT2D eigenvalue weighted by Gasteiger charge is 2.50. The van der Waals surface area contributed by atoms with E-state index in [-0.39, 0.29) is 17.1 Å². The minimum absolute atomic E-state index is 0.108. The maximum Gasteiger partial charge on any atom is 0.223 e. The minimum Gasteiger partial charge on any atom is -0.339 e. The molecule has 1 amide bonds. The van der Waals surface area contributed by atoms with Crippen molar-refractivity contribution in [1.29, 1.82) is 0 Å². The Labute approximate surface area is 110 Å². The number of Topliss-reactive ketones (excluding diaryl/α,β-unsaturated/α-hetero) is 1. The molecule has 102 valence electrons. The maximum atomic E-state index is 12.2. The molecular weight excluding hydrogens is 226 g/mol. The Kier molecular flexibility index (Phi) is 3.28. The quantitative estimate of drug-likeness (QED) is 0.773. The van der Waals surface area contributed by atoms with Crippen molar-refractivity contribution in [2.45, 2.75) is 65.8 Å². The second kappa shape index (κ2) is 4.36. The summed E-state index contributed by atoms with van der Waals surface area (Å²) in [6.07, 6.45) is 4.23. The molecule has 1 aliphatic heterocycles. The van der Waals surface area contributed by atoms with Crippen molar-refractivity contribution >= 4 is 11.7 Å².